The first-order chi connectivity index (χ1) is 9.86. The second-order valence-electron chi connectivity index (χ2n) is 7.13. The van der Waals surface area contributed by atoms with Gasteiger partial charge in [-0.05, 0) is 45.1 Å². The first-order valence-electron chi connectivity index (χ1n) is 9.08. The summed E-state index contributed by atoms with van der Waals surface area (Å²) in [5.41, 5.74) is 0. The molecule has 1 saturated heterocycles. The quantitative estimate of drug-likeness (QED) is 0.834. The van der Waals surface area contributed by atoms with E-state index in [0.717, 1.165) is 18.1 Å². The van der Waals surface area contributed by atoms with Crippen LogP contribution in [0.1, 0.15) is 58.3 Å². The van der Waals surface area contributed by atoms with E-state index in [1.807, 2.05) is 0 Å². The van der Waals surface area contributed by atoms with Crippen molar-refractivity contribution < 1.29 is 0 Å². The zero-order valence-corrected chi connectivity index (χ0v) is 13.3. The number of nitrogens with zero attached hydrogens (tertiary/aromatic N) is 2. The zero-order valence-electron chi connectivity index (χ0n) is 13.3. The molecule has 3 heteroatoms. The second kappa shape index (κ2) is 7.24. The van der Waals surface area contributed by atoms with Crippen molar-refractivity contribution in [1.29, 1.82) is 0 Å². The van der Waals surface area contributed by atoms with Gasteiger partial charge in [0.25, 0.3) is 0 Å². The van der Waals surface area contributed by atoms with Gasteiger partial charge in [0.05, 0.1) is 0 Å². The summed E-state index contributed by atoms with van der Waals surface area (Å²) in [4.78, 5) is 5.57. The topological polar surface area (TPSA) is 18.5 Å². The summed E-state index contributed by atoms with van der Waals surface area (Å²) < 4.78 is 0. The van der Waals surface area contributed by atoms with Crippen LogP contribution < -0.4 is 5.32 Å². The number of rotatable bonds is 5. The van der Waals surface area contributed by atoms with Crippen LogP contribution in [0.3, 0.4) is 0 Å². The molecule has 3 nitrogen and oxygen atoms in total. The normalized spacial score (nSPS) is 34.0. The van der Waals surface area contributed by atoms with Gasteiger partial charge in [-0.15, -0.1) is 0 Å². The lowest BCUT2D eigenvalue weighted by molar-refractivity contribution is 0.0713. The fourth-order valence-electron chi connectivity index (χ4n) is 4.56. The molecule has 2 saturated carbocycles. The van der Waals surface area contributed by atoms with Crippen molar-refractivity contribution >= 4 is 0 Å². The van der Waals surface area contributed by atoms with Crippen LogP contribution in [0.15, 0.2) is 0 Å². The predicted octanol–water partition coefficient (Wildman–Crippen LogP) is 2.47. The van der Waals surface area contributed by atoms with E-state index in [1.54, 1.807) is 0 Å². The Labute approximate surface area is 125 Å². The number of nitrogens with one attached hydrogen (secondary N) is 1. The average Bonchev–Trinajstić information content (AvgIpc) is 3.17. The Kier molecular flexibility index (Phi) is 5.36. The summed E-state index contributed by atoms with van der Waals surface area (Å²) >= 11 is 0. The van der Waals surface area contributed by atoms with E-state index in [-0.39, 0.29) is 0 Å². The lowest BCUT2D eigenvalue weighted by atomic mass is 10.1. The monoisotopic (exact) mass is 279 g/mol. The molecule has 20 heavy (non-hydrogen) atoms. The minimum atomic E-state index is 0.799. The molecule has 3 aliphatic rings. The molecule has 1 heterocycles. The molecule has 2 aliphatic carbocycles. The van der Waals surface area contributed by atoms with Gasteiger partial charge < -0.3 is 5.32 Å². The highest BCUT2D eigenvalue weighted by atomic mass is 15.3. The molecule has 1 aliphatic heterocycles. The summed E-state index contributed by atoms with van der Waals surface area (Å²) in [7, 11) is 0. The van der Waals surface area contributed by atoms with E-state index in [2.05, 4.69) is 22.0 Å². The molecule has 2 unspecified atom stereocenters. The Morgan fingerprint density at radius 3 is 2.15 bits per heavy atom. The summed E-state index contributed by atoms with van der Waals surface area (Å²) in [5, 5.41) is 3.72. The summed E-state index contributed by atoms with van der Waals surface area (Å²) in [6, 6.07) is 2.60. The minimum Gasteiger partial charge on any atom is -0.314 e. The van der Waals surface area contributed by atoms with Crippen LogP contribution in [0.2, 0.25) is 0 Å². The van der Waals surface area contributed by atoms with E-state index in [4.69, 9.17) is 0 Å². The van der Waals surface area contributed by atoms with Gasteiger partial charge in [0.1, 0.15) is 0 Å². The third-order valence-corrected chi connectivity index (χ3v) is 5.79. The molecule has 0 aromatic carbocycles. The lowest BCUT2D eigenvalue weighted by Gasteiger charge is -2.40. The highest BCUT2D eigenvalue weighted by Gasteiger charge is 2.32. The first kappa shape index (κ1) is 14.8. The van der Waals surface area contributed by atoms with E-state index in [1.165, 1.54) is 84.1 Å². The Morgan fingerprint density at radius 1 is 0.850 bits per heavy atom. The maximum atomic E-state index is 3.72. The van der Waals surface area contributed by atoms with Crippen LogP contribution in [0.4, 0.5) is 0 Å². The van der Waals surface area contributed by atoms with Crippen molar-refractivity contribution in [2.45, 2.75) is 76.4 Å². The average molecular weight is 279 g/mol. The molecule has 1 N–H and O–H groups in total. The molecular formula is C17H33N3. The van der Waals surface area contributed by atoms with Gasteiger partial charge in [-0.1, -0.05) is 19.8 Å². The number of hydrogen-bond acceptors (Lipinski definition) is 3. The Bertz CT molecular complexity index is 280. The lowest BCUT2D eigenvalue weighted by Crippen LogP contribution is -2.52. The molecule has 0 bridgehead atoms. The molecule has 0 radical (unpaired) electrons. The Hall–Kier alpha value is -0.120. The van der Waals surface area contributed by atoms with Crippen molar-refractivity contribution in [3.05, 3.63) is 0 Å². The van der Waals surface area contributed by atoms with Crippen molar-refractivity contribution in [2.75, 3.05) is 32.7 Å². The zero-order chi connectivity index (χ0) is 13.8. The smallest absolute Gasteiger partial charge is 0.0113 e. The fraction of sp³-hybridized carbons (Fsp3) is 1.00. The van der Waals surface area contributed by atoms with Gasteiger partial charge in [0, 0.05) is 44.3 Å². The van der Waals surface area contributed by atoms with E-state index < -0.39 is 0 Å². The first-order valence-corrected chi connectivity index (χ1v) is 9.08. The van der Waals surface area contributed by atoms with Crippen LogP contribution in [-0.2, 0) is 0 Å². The Balaban J connectivity index is 1.40. The number of hydrogen-bond donors (Lipinski definition) is 1. The van der Waals surface area contributed by atoms with Crippen molar-refractivity contribution in [3.63, 3.8) is 0 Å². The minimum absolute atomic E-state index is 0.799. The maximum absolute atomic E-state index is 3.72. The van der Waals surface area contributed by atoms with Gasteiger partial charge >= 0.3 is 0 Å². The van der Waals surface area contributed by atoms with E-state index in [0.29, 0.717) is 0 Å². The second-order valence-corrected chi connectivity index (χ2v) is 7.13. The third kappa shape index (κ3) is 3.55. The predicted molar refractivity (Wildman–Crippen MR) is 85.1 cm³/mol. The van der Waals surface area contributed by atoms with E-state index >= 15 is 0 Å². The van der Waals surface area contributed by atoms with Gasteiger partial charge in [-0.25, -0.2) is 0 Å². The molecule has 3 fully saturated rings. The molecular weight excluding hydrogens is 246 g/mol. The van der Waals surface area contributed by atoms with Crippen LogP contribution in [-0.4, -0.2) is 60.6 Å². The van der Waals surface area contributed by atoms with Crippen LogP contribution >= 0.6 is 0 Å². The molecule has 116 valence electrons. The Morgan fingerprint density at radius 2 is 1.50 bits per heavy atom. The highest BCUT2D eigenvalue weighted by Crippen LogP contribution is 2.28. The van der Waals surface area contributed by atoms with Crippen LogP contribution in [0.5, 0.6) is 0 Å². The maximum Gasteiger partial charge on any atom is 0.0113 e. The van der Waals surface area contributed by atoms with Crippen molar-refractivity contribution in [3.8, 4) is 0 Å². The van der Waals surface area contributed by atoms with Crippen molar-refractivity contribution in [1.82, 2.24) is 15.1 Å². The van der Waals surface area contributed by atoms with Crippen molar-refractivity contribution in [2.24, 2.45) is 0 Å². The van der Waals surface area contributed by atoms with Gasteiger partial charge in [-0.3, -0.25) is 9.80 Å². The largest absolute Gasteiger partial charge is 0.314 e. The molecule has 3 rings (SSSR count). The third-order valence-electron chi connectivity index (χ3n) is 5.79. The van der Waals surface area contributed by atoms with Crippen LogP contribution in [0, 0.1) is 0 Å². The molecule has 0 amide bonds. The fourth-order valence-corrected chi connectivity index (χ4v) is 4.56. The highest BCUT2D eigenvalue weighted by molar-refractivity contribution is 4.90. The molecule has 2 atom stereocenters. The summed E-state index contributed by atoms with van der Waals surface area (Å²) in [6.07, 6.45) is 11.3. The van der Waals surface area contributed by atoms with E-state index in [9.17, 15) is 0 Å². The van der Waals surface area contributed by atoms with Gasteiger partial charge in [0.2, 0.25) is 0 Å². The SMILES string of the molecule is CCCNC1CCC(N2CCN(C3CCCC3)CC2)C1. The molecule has 0 spiro atoms. The molecule has 0 aromatic heterocycles. The summed E-state index contributed by atoms with van der Waals surface area (Å²) in [6.45, 7) is 8.76. The summed E-state index contributed by atoms with van der Waals surface area (Å²) in [5.74, 6) is 0. The standard InChI is InChI=1S/C17H33N3/c1-2-9-18-15-7-8-17(14-15)20-12-10-19(11-13-20)16-5-3-4-6-16/h15-18H,2-14H2,1H3. The number of piperazine rings is 1. The van der Waals surface area contributed by atoms with Gasteiger partial charge in [0.15, 0.2) is 0 Å². The molecule has 0 aromatic rings. The van der Waals surface area contributed by atoms with Crippen LogP contribution in [0.25, 0.3) is 0 Å². The van der Waals surface area contributed by atoms with Gasteiger partial charge in [-0.2, -0.15) is 0 Å².